The Labute approximate surface area is 94.7 Å². The molecule has 4 N–H and O–H groups in total. The van der Waals surface area contributed by atoms with E-state index < -0.39 is 0 Å². The van der Waals surface area contributed by atoms with Gasteiger partial charge in [0.1, 0.15) is 5.82 Å². The maximum atomic E-state index is 13.6. The zero-order valence-electron chi connectivity index (χ0n) is 9.42. The molecule has 0 radical (unpaired) electrons. The minimum absolute atomic E-state index is 0.328. The van der Waals surface area contributed by atoms with Crippen LogP contribution in [0.25, 0.3) is 5.57 Å². The second-order valence-electron chi connectivity index (χ2n) is 3.56. The van der Waals surface area contributed by atoms with E-state index in [4.69, 9.17) is 11.1 Å². The molecule has 1 aromatic rings. The number of hydrogen-bond donors (Lipinski definition) is 3. The van der Waals surface area contributed by atoms with Crippen molar-refractivity contribution < 1.29 is 4.39 Å². The van der Waals surface area contributed by atoms with Gasteiger partial charge in [0, 0.05) is 36.6 Å². The molecule has 1 aromatic carbocycles. The summed E-state index contributed by atoms with van der Waals surface area (Å²) in [5, 5.41) is 10.0. The number of hydrogen-bond acceptors (Lipinski definition) is 3. The molecule has 0 amide bonds. The maximum absolute atomic E-state index is 13.6. The summed E-state index contributed by atoms with van der Waals surface area (Å²) in [5.74, 6) is -0.337. The molecule has 0 aliphatic carbocycles. The van der Waals surface area contributed by atoms with Crippen molar-refractivity contribution in [3.05, 3.63) is 41.3 Å². The molecular formula is C12H16FN3. The third-order valence-corrected chi connectivity index (χ3v) is 2.28. The van der Waals surface area contributed by atoms with Crippen molar-refractivity contribution in [2.75, 3.05) is 7.05 Å². The van der Waals surface area contributed by atoms with Gasteiger partial charge in [0.15, 0.2) is 0 Å². The lowest BCUT2D eigenvalue weighted by molar-refractivity contribution is 0.593. The molecule has 0 heterocycles. The molecule has 1 atom stereocenters. The quantitative estimate of drug-likeness (QED) is 0.681. The van der Waals surface area contributed by atoms with E-state index >= 15 is 0 Å². The van der Waals surface area contributed by atoms with Gasteiger partial charge in [0.05, 0.1) is 0 Å². The van der Waals surface area contributed by atoms with Gasteiger partial charge in [-0.1, -0.05) is 12.1 Å². The Morgan fingerprint density at radius 1 is 1.56 bits per heavy atom. The normalized spacial score (nSPS) is 13.4. The SMILES string of the molecule is CN/C=C(\C=N)c1ccc(C(C)N)c(F)c1. The summed E-state index contributed by atoms with van der Waals surface area (Å²) < 4.78 is 13.6. The van der Waals surface area contributed by atoms with Crippen molar-refractivity contribution in [3.63, 3.8) is 0 Å². The van der Waals surface area contributed by atoms with Crippen LogP contribution in [0.4, 0.5) is 4.39 Å². The number of benzene rings is 1. The molecule has 0 spiro atoms. The van der Waals surface area contributed by atoms with Gasteiger partial charge in [-0.05, 0) is 18.6 Å². The number of allylic oxidation sites excluding steroid dienone is 1. The van der Waals surface area contributed by atoms with Gasteiger partial charge in [-0.25, -0.2) is 4.39 Å². The number of rotatable bonds is 4. The fourth-order valence-electron chi connectivity index (χ4n) is 1.44. The summed E-state index contributed by atoms with van der Waals surface area (Å²) in [4.78, 5) is 0. The van der Waals surface area contributed by atoms with Crippen molar-refractivity contribution in [1.82, 2.24) is 5.32 Å². The molecule has 0 aliphatic rings. The molecule has 0 aromatic heterocycles. The first-order chi connectivity index (χ1) is 7.60. The molecule has 0 aliphatic heterocycles. The first-order valence-electron chi connectivity index (χ1n) is 5.03. The van der Waals surface area contributed by atoms with Gasteiger partial charge in [0.25, 0.3) is 0 Å². The van der Waals surface area contributed by atoms with Crippen LogP contribution in [0, 0.1) is 11.2 Å². The van der Waals surface area contributed by atoms with Gasteiger partial charge >= 0.3 is 0 Å². The summed E-state index contributed by atoms with van der Waals surface area (Å²) in [5.41, 5.74) is 7.39. The Balaban J connectivity index is 3.14. The van der Waals surface area contributed by atoms with Crippen LogP contribution in [0.3, 0.4) is 0 Å². The minimum atomic E-state index is -0.337. The van der Waals surface area contributed by atoms with Crippen LogP contribution < -0.4 is 11.1 Å². The van der Waals surface area contributed by atoms with E-state index in [1.165, 1.54) is 12.3 Å². The largest absolute Gasteiger partial charge is 0.393 e. The van der Waals surface area contributed by atoms with Crippen LogP contribution in [0.1, 0.15) is 24.1 Å². The summed E-state index contributed by atoms with van der Waals surface area (Å²) in [6, 6.07) is 4.48. The predicted molar refractivity (Wildman–Crippen MR) is 64.8 cm³/mol. The van der Waals surface area contributed by atoms with Gasteiger partial charge in [0.2, 0.25) is 0 Å². The van der Waals surface area contributed by atoms with E-state index in [1.807, 2.05) is 0 Å². The number of nitrogens with two attached hydrogens (primary N) is 1. The monoisotopic (exact) mass is 221 g/mol. The van der Waals surface area contributed by atoms with E-state index in [0.29, 0.717) is 16.7 Å². The Kier molecular flexibility index (Phi) is 4.19. The molecule has 3 nitrogen and oxygen atoms in total. The van der Waals surface area contributed by atoms with Crippen LogP contribution in [0.15, 0.2) is 24.4 Å². The standard InChI is InChI=1S/C12H16FN3/c1-8(15)11-4-3-9(5-12(11)13)10(6-14)7-16-2/h3-8,14,16H,15H2,1-2H3/b10-7+,14-6?. The lowest BCUT2D eigenvalue weighted by Crippen LogP contribution is -2.08. The van der Waals surface area contributed by atoms with Crippen LogP contribution in [-0.4, -0.2) is 13.3 Å². The van der Waals surface area contributed by atoms with E-state index in [9.17, 15) is 4.39 Å². The fourth-order valence-corrected chi connectivity index (χ4v) is 1.44. The molecular weight excluding hydrogens is 205 g/mol. The van der Waals surface area contributed by atoms with E-state index in [-0.39, 0.29) is 11.9 Å². The van der Waals surface area contributed by atoms with Crippen molar-refractivity contribution in [2.45, 2.75) is 13.0 Å². The Morgan fingerprint density at radius 2 is 2.25 bits per heavy atom. The smallest absolute Gasteiger partial charge is 0.128 e. The zero-order valence-corrected chi connectivity index (χ0v) is 9.42. The third-order valence-electron chi connectivity index (χ3n) is 2.28. The average Bonchev–Trinajstić information content (AvgIpc) is 2.25. The highest BCUT2D eigenvalue weighted by Gasteiger charge is 2.08. The minimum Gasteiger partial charge on any atom is -0.393 e. The third kappa shape index (κ3) is 2.67. The summed E-state index contributed by atoms with van der Waals surface area (Å²) >= 11 is 0. The van der Waals surface area contributed by atoms with Crippen LogP contribution in [0.2, 0.25) is 0 Å². The van der Waals surface area contributed by atoms with Gasteiger partial charge in [-0.15, -0.1) is 0 Å². The van der Waals surface area contributed by atoms with Crippen molar-refractivity contribution in [2.24, 2.45) is 5.73 Å². The topological polar surface area (TPSA) is 61.9 Å². The van der Waals surface area contributed by atoms with Gasteiger partial charge in [-0.2, -0.15) is 0 Å². The van der Waals surface area contributed by atoms with E-state index in [2.05, 4.69) is 5.32 Å². The fraction of sp³-hybridized carbons (Fsp3) is 0.250. The average molecular weight is 221 g/mol. The lowest BCUT2D eigenvalue weighted by Gasteiger charge is -2.09. The first-order valence-corrected chi connectivity index (χ1v) is 5.03. The highest BCUT2D eigenvalue weighted by Crippen LogP contribution is 2.19. The summed E-state index contributed by atoms with van der Waals surface area (Å²) in [6.45, 7) is 1.74. The lowest BCUT2D eigenvalue weighted by atomic mass is 10.0. The van der Waals surface area contributed by atoms with Crippen LogP contribution >= 0.6 is 0 Å². The molecule has 0 bridgehead atoms. The molecule has 16 heavy (non-hydrogen) atoms. The Bertz CT molecular complexity index is 411. The summed E-state index contributed by atoms with van der Waals surface area (Å²) in [7, 11) is 1.73. The second kappa shape index (κ2) is 5.42. The molecule has 0 saturated heterocycles. The van der Waals surface area contributed by atoms with Gasteiger partial charge in [-0.3, -0.25) is 0 Å². The predicted octanol–water partition coefficient (Wildman–Crippen LogP) is 2.06. The molecule has 1 rings (SSSR count). The highest BCUT2D eigenvalue weighted by molar-refractivity contribution is 6.08. The van der Waals surface area contributed by atoms with E-state index in [0.717, 1.165) is 0 Å². The summed E-state index contributed by atoms with van der Waals surface area (Å²) in [6.07, 6.45) is 2.82. The Hall–Kier alpha value is -1.68. The maximum Gasteiger partial charge on any atom is 0.128 e. The second-order valence-corrected chi connectivity index (χ2v) is 3.56. The van der Waals surface area contributed by atoms with E-state index in [1.54, 1.807) is 32.3 Å². The van der Waals surface area contributed by atoms with Crippen molar-refractivity contribution >= 4 is 11.8 Å². The van der Waals surface area contributed by atoms with Crippen molar-refractivity contribution in [3.8, 4) is 0 Å². The number of nitrogens with one attached hydrogen (secondary N) is 2. The highest BCUT2D eigenvalue weighted by atomic mass is 19.1. The van der Waals surface area contributed by atoms with Crippen LogP contribution in [-0.2, 0) is 0 Å². The molecule has 0 saturated carbocycles. The molecule has 0 fully saturated rings. The first kappa shape index (κ1) is 12.4. The Morgan fingerprint density at radius 3 is 2.69 bits per heavy atom. The van der Waals surface area contributed by atoms with Crippen molar-refractivity contribution in [1.29, 1.82) is 5.41 Å². The van der Waals surface area contributed by atoms with Gasteiger partial charge < -0.3 is 16.5 Å². The molecule has 1 unspecified atom stereocenters. The molecule has 86 valence electrons. The number of halogens is 1. The molecule has 4 heteroatoms. The van der Waals surface area contributed by atoms with Crippen LogP contribution in [0.5, 0.6) is 0 Å². The zero-order chi connectivity index (χ0) is 12.1.